The predicted molar refractivity (Wildman–Crippen MR) is 155 cm³/mol. The van der Waals surface area contributed by atoms with E-state index >= 15 is 4.39 Å². The Labute approximate surface area is 245 Å². The third-order valence-electron chi connectivity index (χ3n) is 7.14. The zero-order chi connectivity index (χ0) is 29.5. The summed E-state index contributed by atoms with van der Waals surface area (Å²) in [5, 5.41) is 21.6. The van der Waals surface area contributed by atoms with Crippen LogP contribution in [-0.4, -0.2) is 30.4 Å². The summed E-state index contributed by atoms with van der Waals surface area (Å²) in [7, 11) is 0. The minimum absolute atomic E-state index is 0.00451. The lowest BCUT2D eigenvalue weighted by Crippen LogP contribution is -2.13. The molecule has 2 heterocycles. The normalized spacial score (nSPS) is 13.8. The van der Waals surface area contributed by atoms with E-state index in [0.717, 1.165) is 35.4 Å². The average molecular weight is 610 g/mol. The van der Waals surface area contributed by atoms with Crippen molar-refractivity contribution in [3.8, 4) is 27.5 Å². The number of carboxylic acid groups (broad SMARTS) is 1. The van der Waals surface area contributed by atoms with Crippen molar-refractivity contribution in [3.63, 3.8) is 0 Å². The largest absolute Gasteiger partial charge is 0.476 e. The van der Waals surface area contributed by atoms with E-state index < -0.39 is 34.8 Å². The highest BCUT2D eigenvalue weighted by molar-refractivity contribution is 7.89. The van der Waals surface area contributed by atoms with Crippen LogP contribution in [0, 0.1) is 23.4 Å². The lowest BCUT2D eigenvalue weighted by atomic mass is 9.95. The molecule has 12 heteroatoms. The van der Waals surface area contributed by atoms with Crippen molar-refractivity contribution in [2.45, 2.75) is 30.6 Å². The van der Waals surface area contributed by atoms with Crippen LogP contribution in [0.1, 0.15) is 40.2 Å². The third-order valence-corrected chi connectivity index (χ3v) is 8.74. The van der Waals surface area contributed by atoms with Crippen molar-refractivity contribution in [3.05, 3.63) is 106 Å². The number of hydrogen-bond acceptors (Lipinski definition) is 6. The first kappa shape index (κ1) is 28.2. The van der Waals surface area contributed by atoms with Crippen molar-refractivity contribution < 1.29 is 27.6 Å². The molecule has 0 radical (unpaired) electrons. The number of carbonyl (C=O) groups is 1. The molecular formula is C30H24F3N4O3S2+. The maximum absolute atomic E-state index is 15.0. The average Bonchev–Trinajstić information content (AvgIpc) is 3.51. The molecule has 4 N–H and O–H groups in total. The van der Waals surface area contributed by atoms with E-state index in [1.807, 2.05) is 0 Å². The number of halogens is 3. The minimum atomic E-state index is -1.74. The van der Waals surface area contributed by atoms with E-state index in [-0.39, 0.29) is 22.6 Å². The lowest BCUT2D eigenvalue weighted by molar-refractivity contribution is 0.0691. The van der Waals surface area contributed by atoms with Gasteiger partial charge in [0.15, 0.2) is 11.5 Å². The van der Waals surface area contributed by atoms with Crippen LogP contribution in [0.4, 0.5) is 13.2 Å². The van der Waals surface area contributed by atoms with Gasteiger partial charge in [0.1, 0.15) is 11.6 Å². The van der Waals surface area contributed by atoms with E-state index in [1.165, 1.54) is 41.8 Å². The number of benzene rings is 3. The molecule has 1 unspecified atom stereocenters. The highest BCUT2D eigenvalue weighted by Crippen LogP contribution is 2.39. The maximum Gasteiger partial charge on any atom is 0.355 e. The molecule has 7 nitrogen and oxygen atoms in total. The molecule has 1 atom stereocenters. The summed E-state index contributed by atoms with van der Waals surface area (Å²) >= 11 is -0.605. The molecule has 0 spiro atoms. The van der Waals surface area contributed by atoms with Crippen LogP contribution >= 0.6 is 11.3 Å². The molecule has 1 saturated carbocycles. The summed E-state index contributed by atoms with van der Waals surface area (Å²) < 4.78 is 55.2. The number of rotatable bonds is 9. The minimum Gasteiger partial charge on any atom is -0.476 e. The van der Waals surface area contributed by atoms with Crippen LogP contribution in [0.3, 0.4) is 0 Å². The van der Waals surface area contributed by atoms with Gasteiger partial charge in [-0.15, -0.1) is 16.5 Å². The quantitative estimate of drug-likeness (QED) is 0.161. The molecule has 0 bridgehead atoms. The fourth-order valence-electron chi connectivity index (χ4n) is 4.90. The van der Waals surface area contributed by atoms with E-state index in [2.05, 4.69) is 4.98 Å². The topological polar surface area (TPSA) is 114 Å². The monoisotopic (exact) mass is 609 g/mol. The lowest BCUT2D eigenvalue weighted by Gasteiger charge is -2.10. The summed E-state index contributed by atoms with van der Waals surface area (Å²) in [5.41, 5.74) is 3.60. The SMILES string of the molecule is N[S+](O)c1ccc(Cc2c(-c3ccc(F)c(-c4cccc(F)c4)c3)nn(-c3nc(C(=O)O)cs3)c2CC2CC2)cc1F. The molecule has 2 aromatic heterocycles. The van der Waals surface area contributed by atoms with Gasteiger partial charge in [0.05, 0.1) is 11.4 Å². The summed E-state index contributed by atoms with van der Waals surface area (Å²) in [6, 6.07) is 14.6. The van der Waals surface area contributed by atoms with E-state index in [1.54, 1.807) is 28.9 Å². The van der Waals surface area contributed by atoms with Crippen molar-refractivity contribution in [1.82, 2.24) is 14.8 Å². The van der Waals surface area contributed by atoms with Crippen LogP contribution in [0.2, 0.25) is 0 Å². The first-order valence-corrected chi connectivity index (χ1v) is 15.1. The summed E-state index contributed by atoms with van der Waals surface area (Å²) in [6.45, 7) is 0. The number of hydrogen-bond donors (Lipinski definition) is 3. The van der Waals surface area contributed by atoms with Gasteiger partial charge >= 0.3 is 5.97 Å². The second kappa shape index (κ2) is 11.4. The van der Waals surface area contributed by atoms with Gasteiger partial charge in [0.2, 0.25) is 10.0 Å². The van der Waals surface area contributed by atoms with E-state index in [0.29, 0.717) is 39.9 Å². The first-order chi connectivity index (χ1) is 20.2. The standard InChI is InChI=1S/C30H23F3N4O3S2/c31-20-3-1-2-18(13-20)21-14-19(7-8-23(21)32)28-22(10-17-6-9-27(42(34)40)24(33)11-17)26(12-16-4-5-16)37(36-28)30-35-25(15-41-30)29(38)39/h1-3,6-9,11,13-16,40H,4-5,10,12,34H2/p+1. The van der Waals surface area contributed by atoms with Crippen LogP contribution < -0.4 is 5.14 Å². The fraction of sp³-hybridized carbons (Fsp3) is 0.167. The number of nitrogens with zero attached hydrogens (tertiary/aromatic N) is 3. The second-order valence-corrected chi connectivity index (χ2v) is 12.0. The van der Waals surface area contributed by atoms with Gasteiger partial charge < -0.3 is 5.11 Å². The summed E-state index contributed by atoms with van der Waals surface area (Å²) in [5.74, 6) is -2.44. The first-order valence-electron chi connectivity index (χ1n) is 13.0. The summed E-state index contributed by atoms with van der Waals surface area (Å²) in [4.78, 5) is 15.8. The number of thiazole rings is 1. The number of nitrogens with two attached hydrogens (primary N) is 1. The van der Waals surface area contributed by atoms with Crippen LogP contribution in [0.25, 0.3) is 27.5 Å². The maximum atomic E-state index is 15.0. The highest BCUT2D eigenvalue weighted by Gasteiger charge is 2.30. The Morgan fingerprint density at radius 1 is 1.05 bits per heavy atom. The molecule has 5 aromatic rings. The molecule has 0 aliphatic heterocycles. The molecule has 1 fully saturated rings. The van der Waals surface area contributed by atoms with Crippen molar-refractivity contribution in [1.29, 1.82) is 0 Å². The van der Waals surface area contributed by atoms with Crippen molar-refractivity contribution >= 4 is 28.7 Å². The van der Waals surface area contributed by atoms with Gasteiger partial charge in [-0.1, -0.05) is 18.2 Å². The Bertz CT molecular complexity index is 1820. The Morgan fingerprint density at radius 2 is 1.86 bits per heavy atom. The molecule has 1 aliphatic carbocycles. The Hall–Kier alpha value is -3.97. The Balaban J connectivity index is 1.54. The van der Waals surface area contributed by atoms with Gasteiger partial charge in [0, 0.05) is 34.6 Å². The summed E-state index contributed by atoms with van der Waals surface area (Å²) in [6.07, 6.45) is 2.92. The smallest absolute Gasteiger partial charge is 0.355 e. The Morgan fingerprint density at radius 3 is 2.52 bits per heavy atom. The van der Waals surface area contributed by atoms with Gasteiger partial charge in [-0.05, 0) is 72.7 Å². The zero-order valence-electron chi connectivity index (χ0n) is 21.9. The highest BCUT2D eigenvalue weighted by atomic mass is 32.2. The van der Waals surface area contributed by atoms with Crippen LogP contribution in [0.5, 0.6) is 0 Å². The Kier molecular flexibility index (Phi) is 7.62. The predicted octanol–water partition coefficient (Wildman–Crippen LogP) is 6.65. The van der Waals surface area contributed by atoms with E-state index in [4.69, 9.17) is 10.2 Å². The number of aromatic nitrogens is 3. The second-order valence-electron chi connectivity index (χ2n) is 10.1. The molecule has 0 saturated heterocycles. The van der Waals surface area contributed by atoms with Gasteiger partial charge in [0.25, 0.3) is 11.4 Å². The van der Waals surface area contributed by atoms with Crippen molar-refractivity contribution in [2.75, 3.05) is 0 Å². The van der Waals surface area contributed by atoms with Crippen LogP contribution in [-0.2, 0) is 24.2 Å². The molecule has 6 rings (SSSR count). The molecule has 3 aromatic carbocycles. The van der Waals surface area contributed by atoms with Gasteiger partial charge in [-0.2, -0.15) is 9.65 Å². The fourth-order valence-corrected chi connectivity index (χ4v) is 6.14. The van der Waals surface area contributed by atoms with Crippen molar-refractivity contribution in [2.24, 2.45) is 11.1 Å². The molecule has 42 heavy (non-hydrogen) atoms. The number of aromatic carboxylic acids is 1. The van der Waals surface area contributed by atoms with Gasteiger partial charge in [-0.3, -0.25) is 0 Å². The van der Waals surface area contributed by atoms with E-state index in [9.17, 15) is 23.2 Å². The molecule has 1 aliphatic rings. The zero-order valence-corrected chi connectivity index (χ0v) is 23.6. The number of carboxylic acids is 1. The molecule has 214 valence electrons. The molecular weight excluding hydrogens is 585 g/mol. The molecule has 0 amide bonds. The third kappa shape index (κ3) is 5.71. The van der Waals surface area contributed by atoms with Crippen LogP contribution in [0.15, 0.2) is 70.9 Å². The van der Waals surface area contributed by atoms with Gasteiger partial charge in [-0.25, -0.2) is 27.6 Å².